The minimum absolute atomic E-state index is 0.154. The second-order valence-electron chi connectivity index (χ2n) is 3.61. The first-order valence-corrected chi connectivity index (χ1v) is 5.12. The van der Waals surface area contributed by atoms with Gasteiger partial charge in [-0.3, -0.25) is 10.2 Å². The van der Waals surface area contributed by atoms with Gasteiger partial charge in [-0.2, -0.15) is 0 Å². The van der Waals surface area contributed by atoms with Crippen molar-refractivity contribution in [3.8, 4) is 5.75 Å². The molecule has 1 rings (SSSR count). The maximum absolute atomic E-state index is 10.9. The van der Waals surface area contributed by atoms with Gasteiger partial charge in [0.15, 0.2) is 0 Å². The number of amides is 1. The predicted octanol–water partition coefficient (Wildman–Crippen LogP) is 0.876. The lowest BCUT2D eigenvalue weighted by Gasteiger charge is -2.10. The Hall–Kier alpha value is -1.75. The van der Waals surface area contributed by atoms with Crippen molar-refractivity contribution < 1.29 is 9.53 Å². The molecule has 0 aromatic heterocycles. The number of ether oxygens (including phenoxy) is 1. The van der Waals surface area contributed by atoms with Crippen LogP contribution in [0, 0.1) is 0 Å². The van der Waals surface area contributed by atoms with E-state index in [0.29, 0.717) is 0 Å². The smallest absolute Gasteiger partial charge is 0.253 e. The van der Waals surface area contributed by atoms with E-state index >= 15 is 0 Å². The van der Waals surface area contributed by atoms with Crippen LogP contribution in [-0.2, 0) is 4.79 Å². The van der Waals surface area contributed by atoms with E-state index in [0.717, 1.165) is 11.4 Å². The second-order valence-corrected chi connectivity index (χ2v) is 3.61. The normalized spacial score (nSPS) is 10.0. The quantitative estimate of drug-likeness (QED) is 0.393. The molecule has 0 aliphatic rings. The van der Waals surface area contributed by atoms with E-state index in [1.54, 1.807) is 0 Å². The van der Waals surface area contributed by atoms with Gasteiger partial charge in [0, 0.05) is 5.69 Å². The summed E-state index contributed by atoms with van der Waals surface area (Å²) in [7, 11) is 0. The molecule has 1 amide bonds. The van der Waals surface area contributed by atoms with E-state index < -0.39 is 0 Å². The molecule has 0 saturated carbocycles. The highest BCUT2D eigenvalue weighted by molar-refractivity contribution is 5.80. The molecule has 0 aliphatic heterocycles. The average molecular weight is 223 g/mol. The number of hydrogen-bond acceptors (Lipinski definition) is 4. The molecule has 0 radical (unpaired) electrons. The summed E-state index contributed by atoms with van der Waals surface area (Å²) in [6.45, 7) is 4.09. The molecule has 1 aromatic carbocycles. The molecule has 5 nitrogen and oxygen atoms in total. The van der Waals surface area contributed by atoms with Gasteiger partial charge in [-0.1, -0.05) is 0 Å². The van der Waals surface area contributed by atoms with Crippen LogP contribution in [0.25, 0.3) is 0 Å². The zero-order valence-electron chi connectivity index (χ0n) is 9.49. The lowest BCUT2D eigenvalue weighted by atomic mass is 10.3. The van der Waals surface area contributed by atoms with E-state index in [9.17, 15) is 4.79 Å². The van der Waals surface area contributed by atoms with Crippen molar-refractivity contribution in [2.45, 2.75) is 20.0 Å². The molecule has 0 spiro atoms. The van der Waals surface area contributed by atoms with Crippen molar-refractivity contribution in [1.82, 2.24) is 5.43 Å². The molecule has 88 valence electrons. The summed E-state index contributed by atoms with van der Waals surface area (Å²) < 4.78 is 5.49. The summed E-state index contributed by atoms with van der Waals surface area (Å²) in [5.74, 6) is 5.50. The lowest BCUT2D eigenvalue weighted by Crippen LogP contribution is -2.35. The topological polar surface area (TPSA) is 76.4 Å². The molecule has 16 heavy (non-hydrogen) atoms. The van der Waals surface area contributed by atoms with Gasteiger partial charge in [0.25, 0.3) is 5.91 Å². The highest BCUT2D eigenvalue weighted by atomic mass is 16.5. The Morgan fingerprint density at radius 1 is 1.38 bits per heavy atom. The van der Waals surface area contributed by atoms with Crippen LogP contribution in [-0.4, -0.2) is 18.6 Å². The van der Waals surface area contributed by atoms with Gasteiger partial charge in [0.2, 0.25) is 0 Å². The number of hydrazine groups is 1. The molecular formula is C11H17N3O2. The average Bonchev–Trinajstić information content (AvgIpc) is 2.27. The number of hydrogen-bond donors (Lipinski definition) is 3. The van der Waals surface area contributed by atoms with Crippen LogP contribution in [0.5, 0.6) is 5.75 Å². The maximum Gasteiger partial charge on any atom is 0.253 e. The van der Waals surface area contributed by atoms with Gasteiger partial charge in [-0.15, -0.1) is 0 Å². The van der Waals surface area contributed by atoms with E-state index in [1.807, 2.05) is 43.5 Å². The molecule has 0 aliphatic carbocycles. The molecular weight excluding hydrogens is 206 g/mol. The van der Waals surface area contributed by atoms with Crippen LogP contribution in [0.2, 0.25) is 0 Å². The number of rotatable bonds is 5. The van der Waals surface area contributed by atoms with Gasteiger partial charge >= 0.3 is 0 Å². The highest BCUT2D eigenvalue weighted by Gasteiger charge is 2.00. The zero-order valence-corrected chi connectivity index (χ0v) is 9.49. The summed E-state index contributed by atoms with van der Waals surface area (Å²) >= 11 is 0. The number of benzene rings is 1. The number of carbonyl (C=O) groups excluding carboxylic acids is 1. The predicted molar refractivity (Wildman–Crippen MR) is 63.0 cm³/mol. The van der Waals surface area contributed by atoms with Gasteiger partial charge in [0.05, 0.1) is 12.6 Å². The molecule has 0 unspecified atom stereocenters. The van der Waals surface area contributed by atoms with Crippen LogP contribution in [0.15, 0.2) is 24.3 Å². The minimum Gasteiger partial charge on any atom is -0.491 e. The summed E-state index contributed by atoms with van der Waals surface area (Å²) in [6.07, 6.45) is 0.154. The maximum atomic E-state index is 10.9. The van der Waals surface area contributed by atoms with E-state index in [4.69, 9.17) is 10.6 Å². The fraction of sp³-hybridized carbons (Fsp3) is 0.364. The fourth-order valence-electron chi connectivity index (χ4n) is 1.16. The fourth-order valence-corrected chi connectivity index (χ4v) is 1.16. The molecule has 0 atom stereocenters. The summed E-state index contributed by atoms with van der Waals surface area (Å²) in [4.78, 5) is 10.9. The first-order chi connectivity index (χ1) is 7.61. The molecule has 4 N–H and O–H groups in total. The molecule has 0 heterocycles. The summed E-state index contributed by atoms with van der Waals surface area (Å²) in [5.41, 5.74) is 2.89. The molecule has 0 fully saturated rings. The van der Waals surface area contributed by atoms with Crippen molar-refractivity contribution >= 4 is 11.6 Å². The Kier molecular flexibility index (Phi) is 4.60. The number of anilines is 1. The number of carbonyl (C=O) groups is 1. The second kappa shape index (κ2) is 5.97. The van der Waals surface area contributed by atoms with Crippen molar-refractivity contribution in [2.75, 3.05) is 11.9 Å². The van der Waals surface area contributed by atoms with Crippen molar-refractivity contribution in [3.63, 3.8) is 0 Å². The highest BCUT2D eigenvalue weighted by Crippen LogP contribution is 2.16. The van der Waals surface area contributed by atoms with Crippen LogP contribution in [0.4, 0.5) is 5.69 Å². The Balaban J connectivity index is 2.48. The lowest BCUT2D eigenvalue weighted by molar-refractivity contribution is -0.119. The molecule has 1 aromatic rings. The monoisotopic (exact) mass is 223 g/mol. The van der Waals surface area contributed by atoms with Crippen molar-refractivity contribution in [1.29, 1.82) is 0 Å². The molecule has 0 bridgehead atoms. The Bertz CT molecular complexity index is 336. The van der Waals surface area contributed by atoms with Crippen molar-refractivity contribution in [3.05, 3.63) is 24.3 Å². The Labute approximate surface area is 94.9 Å². The zero-order chi connectivity index (χ0) is 12.0. The number of nitrogens with two attached hydrogens (primary N) is 1. The minimum atomic E-state index is -0.262. The van der Waals surface area contributed by atoms with Gasteiger partial charge in [-0.05, 0) is 38.1 Å². The van der Waals surface area contributed by atoms with Crippen LogP contribution in [0.1, 0.15) is 13.8 Å². The molecule has 0 saturated heterocycles. The van der Waals surface area contributed by atoms with E-state index in [-0.39, 0.29) is 18.6 Å². The summed E-state index contributed by atoms with van der Waals surface area (Å²) in [6, 6.07) is 7.40. The van der Waals surface area contributed by atoms with Crippen LogP contribution >= 0.6 is 0 Å². The number of nitrogens with one attached hydrogen (secondary N) is 2. The van der Waals surface area contributed by atoms with Crippen molar-refractivity contribution in [2.24, 2.45) is 5.84 Å². The van der Waals surface area contributed by atoms with Gasteiger partial charge in [-0.25, -0.2) is 5.84 Å². The van der Waals surface area contributed by atoms with Gasteiger partial charge in [0.1, 0.15) is 5.75 Å². The first-order valence-electron chi connectivity index (χ1n) is 5.12. The standard InChI is InChI=1S/C11H17N3O2/c1-8(2)16-10-5-3-9(4-6-10)13-7-11(15)14-12/h3-6,8,13H,7,12H2,1-2H3,(H,14,15). The van der Waals surface area contributed by atoms with E-state index in [1.165, 1.54) is 0 Å². The van der Waals surface area contributed by atoms with E-state index in [2.05, 4.69) is 5.32 Å². The van der Waals surface area contributed by atoms with Crippen LogP contribution < -0.4 is 21.3 Å². The first kappa shape index (κ1) is 12.3. The third-order valence-electron chi connectivity index (χ3n) is 1.84. The third kappa shape index (κ3) is 4.18. The largest absolute Gasteiger partial charge is 0.491 e. The third-order valence-corrected chi connectivity index (χ3v) is 1.84. The SMILES string of the molecule is CC(C)Oc1ccc(NCC(=O)NN)cc1. The Morgan fingerprint density at radius 3 is 2.50 bits per heavy atom. The van der Waals surface area contributed by atoms with Crippen LogP contribution in [0.3, 0.4) is 0 Å². The molecule has 5 heteroatoms. The van der Waals surface area contributed by atoms with Gasteiger partial charge < -0.3 is 10.1 Å². The Morgan fingerprint density at radius 2 is 2.00 bits per heavy atom. The summed E-state index contributed by atoms with van der Waals surface area (Å²) in [5, 5.41) is 2.93.